The molecule has 23 heavy (non-hydrogen) atoms. The first kappa shape index (κ1) is 20.8. The van der Waals surface area contributed by atoms with Crippen molar-refractivity contribution in [2.75, 3.05) is 20.3 Å². The number of methoxy groups -OCH3 is 1. The Morgan fingerprint density at radius 2 is 1.43 bits per heavy atom. The largest absolute Gasteiger partial charge is 0.387 e. The smallest absolute Gasteiger partial charge is 0.186 e. The zero-order valence-electron chi connectivity index (χ0n) is 14.5. The molecule has 138 valence electrons. The van der Waals surface area contributed by atoms with Crippen molar-refractivity contribution >= 4 is 0 Å². The van der Waals surface area contributed by atoms with E-state index in [9.17, 15) is 15.3 Å². The van der Waals surface area contributed by atoms with E-state index in [1.54, 1.807) is 0 Å². The molecular weight excluding hydrogens is 300 g/mol. The number of hydrogen-bond donors (Lipinski definition) is 3. The second kappa shape index (κ2) is 12.2. The minimum absolute atomic E-state index is 0.182. The Morgan fingerprint density at radius 1 is 0.826 bits per heavy atom. The Labute approximate surface area is 139 Å². The van der Waals surface area contributed by atoms with Crippen LogP contribution in [0.15, 0.2) is 0 Å². The summed E-state index contributed by atoms with van der Waals surface area (Å²) in [6.07, 6.45) is 4.55. The van der Waals surface area contributed by atoms with Gasteiger partial charge in [0.15, 0.2) is 6.29 Å². The fourth-order valence-corrected chi connectivity index (χ4v) is 2.79. The summed E-state index contributed by atoms with van der Waals surface area (Å²) in [7, 11) is 1.39. The Bertz CT molecular complexity index is 286. The normalized spacial score (nSPS) is 31.4. The quantitative estimate of drug-likeness (QED) is 0.470. The maximum absolute atomic E-state index is 9.89. The van der Waals surface area contributed by atoms with Crippen LogP contribution >= 0.6 is 0 Å². The van der Waals surface area contributed by atoms with E-state index in [1.807, 2.05) is 0 Å². The lowest BCUT2D eigenvalue weighted by atomic mass is 9.99. The maximum atomic E-state index is 9.89. The first-order valence-corrected chi connectivity index (χ1v) is 8.92. The highest BCUT2D eigenvalue weighted by Crippen LogP contribution is 2.22. The molecule has 5 atom stereocenters. The maximum Gasteiger partial charge on any atom is 0.186 e. The molecule has 1 aliphatic rings. The Hall–Kier alpha value is -0.240. The van der Waals surface area contributed by atoms with Crippen LogP contribution in [-0.2, 0) is 14.2 Å². The third kappa shape index (κ3) is 7.45. The fraction of sp³-hybridized carbons (Fsp3) is 1.00. The molecule has 0 unspecified atom stereocenters. The number of rotatable bonds is 12. The average Bonchev–Trinajstić information content (AvgIpc) is 2.56. The topological polar surface area (TPSA) is 88.4 Å². The lowest BCUT2D eigenvalue weighted by Gasteiger charge is -2.39. The molecule has 0 radical (unpaired) electrons. The van der Waals surface area contributed by atoms with E-state index in [0.717, 1.165) is 12.8 Å². The van der Waals surface area contributed by atoms with Crippen molar-refractivity contribution in [3.05, 3.63) is 0 Å². The summed E-state index contributed by atoms with van der Waals surface area (Å²) in [5, 5.41) is 29.3. The van der Waals surface area contributed by atoms with Gasteiger partial charge in [0.05, 0.1) is 6.61 Å². The van der Waals surface area contributed by atoms with Crippen LogP contribution in [0.25, 0.3) is 0 Å². The van der Waals surface area contributed by atoms with Crippen LogP contribution in [0.2, 0.25) is 0 Å². The van der Waals surface area contributed by atoms with Crippen LogP contribution in [-0.4, -0.2) is 66.3 Å². The van der Waals surface area contributed by atoms with E-state index < -0.39 is 30.7 Å². The van der Waals surface area contributed by atoms with Crippen LogP contribution in [0.1, 0.15) is 58.3 Å². The van der Waals surface area contributed by atoms with Crippen molar-refractivity contribution in [1.29, 1.82) is 0 Å². The van der Waals surface area contributed by atoms with Crippen molar-refractivity contribution in [3.8, 4) is 0 Å². The van der Waals surface area contributed by atoms with Crippen LogP contribution < -0.4 is 0 Å². The predicted octanol–water partition coefficient (Wildman–Crippen LogP) is 1.60. The lowest BCUT2D eigenvalue weighted by molar-refractivity contribution is -0.296. The van der Waals surface area contributed by atoms with Crippen LogP contribution in [0, 0.1) is 0 Å². The summed E-state index contributed by atoms with van der Waals surface area (Å²) in [6.45, 7) is 3.01. The lowest BCUT2D eigenvalue weighted by Crippen LogP contribution is -2.59. The van der Waals surface area contributed by atoms with Gasteiger partial charge in [-0.2, -0.15) is 0 Å². The van der Waals surface area contributed by atoms with Gasteiger partial charge in [-0.1, -0.05) is 51.9 Å². The molecule has 1 rings (SSSR count). The van der Waals surface area contributed by atoms with Gasteiger partial charge in [0.2, 0.25) is 0 Å². The van der Waals surface area contributed by atoms with Gasteiger partial charge >= 0.3 is 0 Å². The molecule has 0 amide bonds. The second-order valence-electron chi connectivity index (χ2n) is 6.30. The van der Waals surface area contributed by atoms with Crippen LogP contribution in [0.5, 0.6) is 0 Å². The molecule has 6 nitrogen and oxygen atoms in total. The molecule has 1 saturated heterocycles. The number of aliphatic hydroxyl groups is 3. The minimum atomic E-state index is -1.29. The Kier molecular flexibility index (Phi) is 11.0. The standard InChI is InChI=1S/C17H34O6/c1-3-4-5-6-7-8-9-10-11-22-12-13-14(18)15(19)16(20)17(21-2)23-13/h13-20H,3-12H2,1-2H3/t13-,14-,15+,16-,17+/m1/s1. The SMILES string of the molecule is CCCCCCCCCCOC[C@H]1O[C@H](OC)[C@H](O)[C@@H](O)[C@@H]1O. The summed E-state index contributed by atoms with van der Waals surface area (Å²) in [6, 6.07) is 0. The minimum Gasteiger partial charge on any atom is -0.387 e. The molecule has 1 fully saturated rings. The van der Waals surface area contributed by atoms with Crippen molar-refractivity contribution in [2.45, 2.75) is 89.0 Å². The van der Waals surface area contributed by atoms with Crippen molar-refractivity contribution in [2.24, 2.45) is 0 Å². The van der Waals surface area contributed by atoms with Gasteiger partial charge in [0.1, 0.15) is 24.4 Å². The molecule has 0 aromatic rings. The van der Waals surface area contributed by atoms with Gasteiger partial charge in [-0.3, -0.25) is 0 Å². The molecule has 0 bridgehead atoms. The summed E-state index contributed by atoms with van der Waals surface area (Å²) in [5.74, 6) is 0. The second-order valence-corrected chi connectivity index (χ2v) is 6.30. The number of unbranched alkanes of at least 4 members (excludes halogenated alkanes) is 7. The van der Waals surface area contributed by atoms with Gasteiger partial charge in [0.25, 0.3) is 0 Å². The van der Waals surface area contributed by atoms with Gasteiger partial charge in [-0.05, 0) is 6.42 Å². The molecule has 1 heterocycles. The summed E-state index contributed by atoms with van der Waals surface area (Å²) in [4.78, 5) is 0. The zero-order chi connectivity index (χ0) is 17.1. The van der Waals surface area contributed by atoms with Crippen LogP contribution in [0.3, 0.4) is 0 Å². The van der Waals surface area contributed by atoms with Crippen molar-refractivity contribution < 1.29 is 29.5 Å². The molecular formula is C17H34O6. The molecule has 3 N–H and O–H groups in total. The van der Waals surface area contributed by atoms with E-state index in [0.29, 0.717) is 6.61 Å². The van der Waals surface area contributed by atoms with E-state index in [2.05, 4.69) is 6.92 Å². The Balaban J connectivity index is 2.06. The molecule has 0 saturated carbocycles. The van der Waals surface area contributed by atoms with E-state index in [-0.39, 0.29) is 6.61 Å². The van der Waals surface area contributed by atoms with Crippen molar-refractivity contribution in [1.82, 2.24) is 0 Å². The van der Waals surface area contributed by atoms with Gasteiger partial charge in [-0.25, -0.2) is 0 Å². The molecule has 1 aliphatic heterocycles. The number of hydrogen-bond acceptors (Lipinski definition) is 6. The summed E-state index contributed by atoms with van der Waals surface area (Å²) in [5.41, 5.74) is 0. The third-order valence-corrected chi connectivity index (χ3v) is 4.33. The highest BCUT2D eigenvalue weighted by atomic mass is 16.7. The summed E-state index contributed by atoms with van der Waals surface area (Å²) >= 11 is 0. The number of aliphatic hydroxyl groups excluding tert-OH is 3. The predicted molar refractivity (Wildman–Crippen MR) is 87.1 cm³/mol. The highest BCUT2D eigenvalue weighted by Gasteiger charge is 2.43. The average molecular weight is 334 g/mol. The van der Waals surface area contributed by atoms with Crippen LogP contribution in [0.4, 0.5) is 0 Å². The van der Waals surface area contributed by atoms with E-state index in [4.69, 9.17) is 14.2 Å². The monoisotopic (exact) mass is 334 g/mol. The summed E-state index contributed by atoms with van der Waals surface area (Å²) < 4.78 is 15.9. The van der Waals surface area contributed by atoms with Gasteiger partial charge in [-0.15, -0.1) is 0 Å². The third-order valence-electron chi connectivity index (χ3n) is 4.33. The fourth-order valence-electron chi connectivity index (χ4n) is 2.79. The van der Waals surface area contributed by atoms with E-state index in [1.165, 1.54) is 45.6 Å². The molecule has 0 aliphatic carbocycles. The van der Waals surface area contributed by atoms with Crippen molar-refractivity contribution in [3.63, 3.8) is 0 Å². The first-order valence-electron chi connectivity index (χ1n) is 8.92. The molecule has 0 spiro atoms. The highest BCUT2D eigenvalue weighted by molar-refractivity contribution is 4.88. The molecule has 0 aromatic heterocycles. The Morgan fingerprint density at radius 3 is 2.04 bits per heavy atom. The van der Waals surface area contributed by atoms with Gasteiger partial charge in [0, 0.05) is 13.7 Å². The van der Waals surface area contributed by atoms with E-state index >= 15 is 0 Å². The zero-order valence-corrected chi connectivity index (χ0v) is 14.5. The number of ether oxygens (including phenoxy) is 3. The molecule has 0 aromatic carbocycles. The first-order chi connectivity index (χ1) is 11.1. The van der Waals surface area contributed by atoms with Gasteiger partial charge < -0.3 is 29.5 Å². The molecule has 6 heteroatoms.